The third kappa shape index (κ3) is 4.87. The van der Waals surface area contributed by atoms with Gasteiger partial charge in [-0.3, -0.25) is 4.79 Å². The van der Waals surface area contributed by atoms with Crippen molar-refractivity contribution < 1.29 is 23.8 Å². The smallest absolute Gasteiger partial charge is 0.350 e. The predicted molar refractivity (Wildman–Crippen MR) is 94.9 cm³/mol. The molecule has 7 heteroatoms. The van der Waals surface area contributed by atoms with Crippen molar-refractivity contribution in [1.29, 1.82) is 0 Å². The number of benzene rings is 1. The largest absolute Gasteiger partial charge is 0.463 e. The number of carbonyl (C=O) groups excluding carboxylic acids is 2. The molecule has 0 heterocycles. The molecule has 138 valence electrons. The summed E-state index contributed by atoms with van der Waals surface area (Å²) < 4.78 is 16.1. The van der Waals surface area contributed by atoms with E-state index in [1.54, 1.807) is 32.2 Å². The Kier molecular flexibility index (Phi) is 7.11. The minimum absolute atomic E-state index is 0.0549. The van der Waals surface area contributed by atoms with Crippen molar-refractivity contribution >= 4 is 35.1 Å². The van der Waals surface area contributed by atoms with E-state index in [-0.39, 0.29) is 19.1 Å². The molecule has 1 aliphatic rings. The standard InChI is InChI=1S/C18H22Cl2O5/c1-3-24-17(22)18(9-7-12(23-2)8-10-18)25-16(21)11-13-14(19)5-4-6-15(13)20/h4-6,12H,3,7-11H2,1-2H3. The van der Waals surface area contributed by atoms with Crippen LogP contribution >= 0.6 is 23.2 Å². The van der Waals surface area contributed by atoms with Crippen LogP contribution in [0.25, 0.3) is 0 Å². The van der Waals surface area contributed by atoms with E-state index in [4.69, 9.17) is 37.4 Å². The molecule has 0 spiro atoms. The fourth-order valence-electron chi connectivity index (χ4n) is 3.00. The first kappa shape index (κ1) is 20.0. The monoisotopic (exact) mass is 388 g/mol. The van der Waals surface area contributed by atoms with Gasteiger partial charge in [-0.15, -0.1) is 0 Å². The summed E-state index contributed by atoms with van der Waals surface area (Å²) in [4.78, 5) is 24.9. The molecule has 0 aliphatic heterocycles. The van der Waals surface area contributed by atoms with Gasteiger partial charge in [0.2, 0.25) is 5.60 Å². The van der Waals surface area contributed by atoms with Gasteiger partial charge in [-0.05, 0) is 31.9 Å². The second-order valence-corrected chi connectivity index (χ2v) is 6.82. The summed E-state index contributed by atoms with van der Waals surface area (Å²) in [6, 6.07) is 5.01. The maximum absolute atomic E-state index is 12.5. The Morgan fingerprint density at radius 2 is 1.80 bits per heavy atom. The summed E-state index contributed by atoms with van der Waals surface area (Å²) in [6.45, 7) is 1.94. The maximum atomic E-state index is 12.5. The molecule has 1 saturated carbocycles. The molecule has 0 unspecified atom stereocenters. The van der Waals surface area contributed by atoms with Crippen LogP contribution in [0.5, 0.6) is 0 Å². The average molecular weight is 389 g/mol. The van der Waals surface area contributed by atoms with Gasteiger partial charge in [-0.25, -0.2) is 4.79 Å². The molecule has 0 bridgehead atoms. The summed E-state index contributed by atoms with van der Waals surface area (Å²) in [5.41, 5.74) is -0.782. The van der Waals surface area contributed by atoms with Gasteiger partial charge >= 0.3 is 11.9 Å². The van der Waals surface area contributed by atoms with E-state index in [0.717, 1.165) is 0 Å². The zero-order chi connectivity index (χ0) is 18.4. The van der Waals surface area contributed by atoms with Gasteiger partial charge < -0.3 is 14.2 Å². The van der Waals surface area contributed by atoms with Gasteiger partial charge in [0.15, 0.2) is 0 Å². The molecular weight excluding hydrogens is 367 g/mol. The number of methoxy groups -OCH3 is 1. The van der Waals surface area contributed by atoms with Gasteiger partial charge in [0.25, 0.3) is 0 Å². The summed E-state index contributed by atoms with van der Waals surface area (Å²) in [5, 5.41) is 0.774. The normalized spacial score (nSPS) is 23.1. The highest BCUT2D eigenvalue weighted by Gasteiger charge is 2.47. The molecule has 5 nitrogen and oxygen atoms in total. The highest BCUT2D eigenvalue weighted by Crippen LogP contribution is 2.35. The van der Waals surface area contributed by atoms with Crippen LogP contribution in [0.2, 0.25) is 10.0 Å². The number of halogens is 2. The SMILES string of the molecule is CCOC(=O)C1(OC(=O)Cc2c(Cl)cccc2Cl)CCC(OC)CC1. The van der Waals surface area contributed by atoms with Crippen molar-refractivity contribution in [2.24, 2.45) is 0 Å². The molecular formula is C18H22Cl2O5. The van der Waals surface area contributed by atoms with Crippen LogP contribution in [-0.2, 0) is 30.2 Å². The Labute approximate surface area is 157 Å². The van der Waals surface area contributed by atoms with Crippen LogP contribution in [0.3, 0.4) is 0 Å². The van der Waals surface area contributed by atoms with E-state index in [1.165, 1.54) is 0 Å². The van der Waals surface area contributed by atoms with Crippen molar-refractivity contribution in [3.63, 3.8) is 0 Å². The molecule has 1 fully saturated rings. The van der Waals surface area contributed by atoms with Crippen LogP contribution in [0.15, 0.2) is 18.2 Å². The molecule has 1 aromatic carbocycles. The van der Waals surface area contributed by atoms with Gasteiger partial charge in [-0.1, -0.05) is 29.3 Å². The lowest BCUT2D eigenvalue weighted by molar-refractivity contribution is -0.189. The number of carbonyl (C=O) groups is 2. The van der Waals surface area contributed by atoms with Crippen LogP contribution in [0, 0.1) is 0 Å². The van der Waals surface area contributed by atoms with Crippen LogP contribution in [0.4, 0.5) is 0 Å². The van der Waals surface area contributed by atoms with Crippen molar-refractivity contribution in [1.82, 2.24) is 0 Å². The van der Waals surface area contributed by atoms with E-state index in [2.05, 4.69) is 0 Å². The lowest BCUT2D eigenvalue weighted by Crippen LogP contribution is -2.48. The summed E-state index contributed by atoms with van der Waals surface area (Å²) in [6.07, 6.45) is 1.93. The molecule has 2 rings (SSSR count). The first-order valence-corrected chi connectivity index (χ1v) is 9.02. The number of esters is 2. The fourth-order valence-corrected chi connectivity index (χ4v) is 3.53. The van der Waals surface area contributed by atoms with Crippen molar-refractivity contribution in [2.75, 3.05) is 13.7 Å². The average Bonchev–Trinajstić information content (AvgIpc) is 2.59. The zero-order valence-corrected chi connectivity index (χ0v) is 15.9. The first-order chi connectivity index (χ1) is 11.9. The molecule has 0 saturated heterocycles. The van der Waals surface area contributed by atoms with Crippen LogP contribution < -0.4 is 0 Å². The molecule has 0 amide bonds. The van der Waals surface area contributed by atoms with Gasteiger partial charge in [0.1, 0.15) is 0 Å². The maximum Gasteiger partial charge on any atom is 0.350 e. The number of hydrogen-bond donors (Lipinski definition) is 0. The lowest BCUT2D eigenvalue weighted by Gasteiger charge is -2.37. The Morgan fingerprint density at radius 3 is 2.32 bits per heavy atom. The minimum atomic E-state index is -1.27. The molecule has 1 aliphatic carbocycles. The molecule has 25 heavy (non-hydrogen) atoms. The molecule has 0 N–H and O–H groups in total. The summed E-state index contributed by atoms with van der Waals surface area (Å²) in [5.74, 6) is -1.07. The third-order valence-corrected chi connectivity index (χ3v) is 5.12. The molecule has 0 atom stereocenters. The summed E-state index contributed by atoms with van der Waals surface area (Å²) >= 11 is 12.2. The quantitative estimate of drug-likeness (QED) is 0.689. The third-order valence-electron chi connectivity index (χ3n) is 4.41. The summed E-state index contributed by atoms with van der Waals surface area (Å²) in [7, 11) is 1.63. The predicted octanol–water partition coefficient (Wildman–Crippen LogP) is 3.97. The van der Waals surface area contributed by atoms with Gasteiger partial charge in [0, 0.05) is 35.6 Å². The molecule has 0 aromatic heterocycles. The van der Waals surface area contributed by atoms with E-state index in [9.17, 15) is 9.59 Å². The number of rotatable bonds is 6. The van der Waals surface area contributed by atoms with Crippen molar-refractivity contribution in [2.45, 2.75) is 50.7 Å². The topological polar surface area (TPSA) is 61.8 Å². The van der Waals surface area contributed by atoms with E-state index in [1.807, 2.05) is 0 Å². The highest BCUT2D eigenvalue weighted by atomic mass is 35.5. The van der Waals surface area contributed by atoms with Crippen LogP contribution in [-0.4, -0.2) is 37.4 Å². The van der Waals surface area contributed by atoms with E-state index in [0.29, 0.717) is 41.3 Å². The Hall–Kier alpha value is -1.30. The number of ether oxygens (including phenoxy) is 3. The second-order valence-electron chi connectivity index (χ2n) is 6.00. The molecule has 0 radical (unpaired) electrons. The zero-order valence-electron chi connectivity index (χ0n) is 14.3. The van der Waals surface area contributed by atoms with Crippen molar-refractivity contribution in [3.8, 4) is 0 Å². The Morgan fingerprint density at radius 1 is 1.20 bits per heavy atom. The van der Waals surface area contributed by atoms with Gasteiger partial charge in [-0.2, -0.15) is 0 Å². The first-order valence-electron chi connectivity index (χ1n) is 8.26. The van der Waals surface area contributed by atoms with E-state index < -0.39 is 17.5 Å². The second kappa shape index (κ2) is 8.88. The van der Waals surface area contributed by atoms with Crippen LogP contribution in [0.1, 0.15) is 38.2 Å². The minimum Gasteiger partial charge on any atom is -0.463 e. The highest BCUT2D eigenvalue weighted by molar-refractivity contribution is 6.36. The lowest BCUT2D eigenvalue weighted by atomic mass is 9.83. The van der Waals surface area contributed by atoms with Crippen molar-refractivity contribution in [3.05, 3.63) is 33.8 Å². The van der Waals surface area contributed by atoms with E-state index >= 15 is 0 Å². The van der Waals surface area contributed by atoms with Gasteiger partial charge in [0.05, 0.1) is 19.1 Å². The Bertz CT molecular complexity index is 604. The fraction of sp³-hybridized carbons (Fsp3) is 0.556. The molecule has 1 aromatic rings. The Balaban J connectivity index is 2.13. The number of hydrogen-bond acceptors (Lipinski definition) is 5.